The number of hydrogen-bond donors (Lipinski definition) is 1. The molecule has 2 aliphatic heterocycles. The molecule has 1 N–H and O–H groups in total. The van der Waals surface area contributed by atoms with E-state index in [1.165, 1.54) is 15.4 Å². The maximum Gasteiger partial charge on any atom is 0.261 e. The first-order valence-electron chi connectivity index (χ1n) is 22.0. The Morgan fingerprint density at radius 3 is 1.56 bits per heavy atom. The average molecular weight is 838 g/mol. The highest BCUT2D eigenvalue weighted by molar-refractivity contribution is 6.27. The van der Waals surface area contributed by atoms with Crippen molar-refractivity contribution < 1.29 is 28.3 Å². The van der Waals surface area contributed by atoms with Gasteiger partial charge in [0, 0.05) is 63.7 Å². The lowest BCUT2D eigenvalue weighted by Crippen LogP contribution is -2.40. The van der Waals surface area contributed by atoms with E-state index in [1.54, 1.807) is 0 Å². The van der Waals surface area contributed by atoms with Crippen LogP contribution in [0.4, 0.5) is 5.69 Å². The van der Waals surface area contributed by atoms with Crippen molar-refractivity contribution in [3.05, 3.63) is 141 Å². The molecule has 2 aromatic heterocycles. The molecule has 4 aromatic carbocycles. The van der Waals surface area contributed by atoms with Crippen molar-refractivity contribution >= 4 is 50.9 Å². The third kappa shape index (κ3) is 9.37. The van der Waals surface area contributed by atoms with E-state index in [2.05, 4.69) is 73.2 Å². The molecule has 0 aliphatic carbocycles. The molecule has 6 aromatic rings. The number of aryl methyl sites for hydroxylation is 5. The SMILES string of the molecule is CCN1C(=O)c2cccc3c(CCCCCC[n+]4ccn(CCCCn5cc[n+](CCCCCNc6ccc7c8c(cccc68)C(=O)N(CC)C7=O)c5)c4)ccc(c23)C1=O.[CH3-].[CH3-]. The number of amides is 4. The molecule has 8 rings (SSSR count). The van der Waals surface area contributed by atoms with Gasteiger partial charge < -0.3 is 20.2 Å². The highest BCUT2D eigenvalue weighted by atomic mass is 16.2. The summed E-state index contributed by atoms with van der Waals surface area (Å²) in [6.45, 7) is 9.28. The minimum atomic E-state index is -0.213. The predicted molar refractivity (Wildman–Crippen MR) is 246 cm³/mol. The Labute approximate surface area is 367 Å². The maximum absolute atomic E-state index is 12.9. The highest BCUT2D eigenvalue weighted by Gasteiger charge is 2.33. The smallest absolute Gasteiger partial charge is 0.261 e. The van der Waals surface area contributed by atoms with Crippen LogP contribution in [0.5, 0.6) is 0 Å². The topological polar surface area (TPSA) is 104 Å². The zero-order valence-corrected chi connectivity index (χ0v) is 37.1. The molecular weight excluding hydrogens is 775 g/mol. The molecule has 0 atom stereocenters. The number of carbonyl (C=O) groups excluding carboxylic acids is 4. The van der Waals surface area contributed by atoms with E-state index in [1.807, 2.05) is 62.4 Å². The van der Waals surface area contributed by atoms with Crippen LogP contribution in [-0.4, -0.2) is 62.2 Å². The molecule has 0 saturated carbocycles. The summed E-state index contributed by atoms with van der Waals surface area (Å²) < 4.78 is 9.17. The first kappa shape index (κ1) is 45.4. The molecule has 0 unspecified atom stereocenters. The maximum atomic E-state index is 12.9. The average Bonchev–Trinajstić information content (AvgIpc) is 3.93. The predicted octanol–water partition coefficient (Wildman–Crippen LogP) is 8.87. The monoisotopic (exact) mass is 837 g/mol. The molecule has 0 fully saturated rings. The lowest BCUT2D eigenvalue weighted by Gasteiger charge is -2.26. The van der Waals surface area contributed by atoms with Crippen molar-refractivity contribution in [1.29, 1.82) is 0 Å². The summed E-state index contributed by atoms with van der Waals surface area (Å²) in [5, 5.41) is 7.12. The fourth-order valence-corrected chi connectivity index (χ4v) is 9.08. The molecule has 4 heterocycles. The second-order valence-electron chi connectivity index (χ2n) is 16.2. The van der Waals surface area contributed by atoms with Crippen molar-refractivity contribution in [1.82, 2.24) is 18.9 Å². The van der Waals surface area contributed by atoms with Crippen molar-refractivity contribution in [3.8, 4) is 0 Å². The Bertz CT molecular complexity index is 2330. The zero-order chi connectivity index (χ0) is 41.6. The van der Waals surface area contributed by atoms with Gasteiger partial charge in [-0.2, -0.15) is 0 Å². The molecular formula is C51H63N7O4. The third-order valence-corrected chi connectivity index (χ3v) is 12.3. The number of imidazole rings is 2. The number of carbonyl (C=O) groups is 4. The van der Waals surface area contributed by atoms with Crippen LogP contribution < -0.4 is 14.5 Å². The Balaban J connectivity index is 0.00000321. The Hall–Kier alpha value is -6.10. The van der Waals surface area contributed by atoms with Gasteiger partial charge in [0.25, 0.3) is 23.6 Å². The number of imide groups is 2. The van der Waals surface area contributed by atoms with Crippen molar-refractivity contribution in [2.45, 2.75) is 104 Å². The van der Waals surface area contributed by atoms with E-state index in [9.17, 15) is 19.2 Å². The minimum Gasteiger partial charge on any atom is -0.385 e. The van der Waals surface area contributed by atoms with Gasteiger partial charge in [0.15, 0.2) is 0 Å². The molecule has 326 valence electrons. The van der Waals surface area contributed by atoms with E-state index < -0.39 is 0 Å². The Kier molecular flexibility index (Phi) is 15.1. The van der Waals surface area contributed by atoms with E-state index in [-0.39, 0.29) is 38.5 Å². The summed E-state index contributed by atoms with van der Waals surface area (Å²) >= 11 is 0. The van der Waals surface area contributed by atoms with Crippen LogP contribution in [0, 0.1) is 14.9 Å². The Morgan fingerprint density at radius 1 is 0.516 bits per heavy atom. The minimum absolute atomic E-state index is 0. The van der Waals surface area contributed by atoms with Crippen LogP contribution in [0.25, 0.3) is 21.5 Å². The van der Waals surface area contributed by atoms with E-state index in [4.69, 9.17) is 0 Å². The van der Waals surface area contributed by atoms with Gasteiger partial charge in [0.05, 0.1) is 26.2 Å². The van der Waals surface area contributed by atoms with Crippen LogP contribution in [0.3, 0.4) is 0 Å². The summed E-state index contributed by atoms with van der Waals surface area (Å²) in [4.78, 5) is 54.4. The van der Waals surface area contributed by atoms with Gasteiger partial charge >= 0.3 is 0 Å². The molecule has 11 heteroatoms. The van der Waals surface area contributed by atoms with Gasteiger partial charge in [-0.15, -0.1) is 0 Å². The van der Waals surface area contributed by atoms with Crippen LogP contribution in [0.1, 0.15) is 119 Å². The largest absolute Gasteiger partial charge is 0.385 e. The van der Waals surface area contributed by atoms with Gasteiger partial charge in [-0.25, -0.2) is 18.3 Å². The summed E-state index contributed by atoms with van der Waals surface area (Å²) in [5.41, 5.74) is 4.67. The fourth-order valence-electron chi connectivity index (χ4n) is 9.08. The fraction of sp³-hybridized carbons (Fsp3) is 0.373. The van der Waals surface area contributed by atoms with E-state index in [0.717, 1.165) is 124 Å². The summed E-state index contributed by atoms with van der Waals surface area (Å²) in [6.07, 6.45) is 24.1. The number of hydrogen-bond acceptors (Lipinski definition) is 5. The standard InChI is InChI=1S/C49H56N7O4.2CH3/c1-3-55-46(57)39-19-14-17-37-36(21-22-41(44(37)39)48(55)59)16-8-5-6-10-26-51-30-32-53(34-51)28-12-13-29-54-33-31-52(35-54)27-11-7-9-25-50-43-24-23-42-45-38(43)18-15-20-40(45)47(58)56(4-2)49(42)60;;/h14-15,17-24,30-35H,3-13,16,25-29H2,1-2H3;2*1H3/q+1;2*-1/p+1. The molecule has 0 bridgehead atoms. The zero-order valence-electron chi connectivity index (χ0n) is 37.1. The number of aromatic nitrogens is 4. The number of unbranched alkanes of at least 4 members (excludes halogenated alkanes) is 6. The molecule has 4 amide bonds. The van der Waals surface area contributed by atoms with Gasteiger partial charge in [-0.3, -0.25) is 29.0 Å². The quantitative estimate of drug-likeness (QED) is 0.0338. The third-order valence-electron chi connectivity index (χ3n) is 12.3. The lowest BCUT2D eigenvalue weighted by atomic mass is 9.90. The van der Waals surface area contributed by atoms with Crippen LogP contribution in [-0.2, 0) is 32.6 Å². The number of nitrogens with one attached hydrogen (secondary N) is 1. The normalized spacial score (nSPS) is 13.3. The van der Waals surface area contributed by atoms with Gasteiger partial charge in [-0.05, 0) is 113 Å². The number of anilines is 1. The molecule has 62 heavy (non-hydrogen) atoms. The van der Waals surface area contributed by atoms with Gasteiger partial charge in [0.1, 0.15) is 24.8 Å². The Morgan fingerprint density at radius 2 is 1.00 bits per heavy atom. The number of benzene rings is 4. The first-order valence-corrected chi connectivity index (χ1v) is 22.0. The molecule has 0 spiro atoms. The number of rotatable bonds is 21. The van der Waals surface area contributed by atoms with Gasteiger partial charge in [0.2, 0.25) is 12.7 Å². The second-order valence-corrected chi connectivity index (χ2v) is 16.2. The molecule has 11 nitrogen and oxygen atoms in total. The van der Waals surface area contributed by atoms with E-state index >= 15 is 0 Å². The molecule has 0 radical (unpaired) electrons. The van der Waals surface area contributed by atoms with Crippen LogP contribution in [0.2, 0.25) is 0 Å². The van der Waals surface area contributed by atoms with Gasteiger partial charge in [-0.1, -0.05) is 36.8 Å². The first-order chi connectivity index (χ1) is 29.4. The van der Waals surface area contributed by atoms with Crippen molar-refractivity contribution in [2.75, 3.05) is 25.0 Å². The summed E-state index contributed by atoms with van der Waals surface area (Å²) in [5.74, 6) is -0.800. The number of nitrogens with zero attached hydrogens (tertiary/aromatic N) is 6. The summed E-state index contributed by atoms with van der Waals surface area (Å²) in [7, 11) is 0. The molecule has 0 saturated heterocycles. The van der Waals surface area contributed by atoms with Crippen molar-refractivity contribution in [2.24, 2.45) is 0 Å². The lowest BCUT2D eigenvalue weighted by molar-refractivity contribution is -0.697. The van der Waals surface area contributed by atoms with Crippen molar-refractivity contribution in [3.63, 3.8) is 0 Å². The second kappa shape index (κ2) is 20.6. The summed E-state index contributed by atoms with van der Waals surface area (Å²) in [6, 6.07) is 19.4. The van der Waals surface area contributed by atoms with Crippen LogP contribution in [0.15, 0.2) is 98.1 Å². The van der Waals surface area contributed by atoms with E-state index in [0.29, 0.717) is 35.3 Å². The highest BCUT2D eigenvalue weighted by Crippen LogP contribution is 2.35. The molecule has 2 aliphatic rings. The van der Waals surface area contributed by atoms with Crippen LogP contribution >= 0.6 is 0 Å².